The molecule has 2 aromatic carbocycles. The van der Waals surface area contributed by atoms with Gasteiger partial charge in [-0.3, -0.25) is 4.79 Å². The van der Waals surface area contributed by atoms with Gasteiger partial charge in [0.25, 0.3) is 0 Å². The fourth-order valence-electron chi connectivity index (χ4n) is 1.92. The number of ketones is 1. The molecule has 2 aromatic rings. The Labute approximate surface area is 105 Å². The number of thiol groups is 1. The topological polar surface area (TPSA) is 26.3 Å². The number of hydrogen-bond donors (Lipinski definition) is 0. The second-order valence-electron chi connectivity index (χ2n) is 3.76. The number of hydrogen-bond acceptors (Lipinski definition) is 2. The fraction of sp³-hybridized carbons (Fsp3) is 0.214. The summed E-state index contributed by atoms with van der Waals surface area (Å²) in [4.78, 5) is 12.0. The average molecular weight is 247 g/mol. The molecule has 0 unspecified atom stereocenters. The van der Waals surface area contributed by atoms with Crippen LogP contribution in [0.3, 0.4) is 0 Å². The molecule has 17 heavy (non-hydrogen) atoms. The Morgan fingerprint density at radius 2 is 1.88 bits per heavy atom. The van der Waals surface area contributed by atoms with Gasteiger partial charge in [0.15, 0.2) is 5.75 Å². The van der Waals surface area contributed by atoms with Crippen LogP contribution in [0.5, 0.6) is 5.75 Å². The predicted octanol–water partition coefficient (Wildman–Crippen LogP) is 2.48. The Morgan fingerprint density at radius 3 is 2.53 bits per heavy atom. The lowest BCUT2D eigenvalue weighted by Crippen LogP contribution is -2.07. The zero-order chi connectivity index (χ0) is 12.3. The summed E-state index contributed by atoms with van der Waals surface area (Å²) in [6.07, 6.45) is 1.99. The van der Waals surface area contributed by atoms with Crippen molar-refractivity contribution in [1.29, 1.82) is 0 Å². The standard InChI is InChI=1S/C14H14O2S/c1-16-14-8-7-11(13(15)9-17-2)10-5-3-4-6-12(10)14/h3-8H,9H2,1-2H3/p+1. The quantitative estimate of drug-likeness (QED) is 0.471. The zero-order valence-electron chi connectivity index (χ0n) is 9.93. The monoisotopic (exact) mass is 247 g/mol. The summed E-state index contributed by atoms with van der Waals surface area (Å²) in [5, 5.41) is 1.97. The molecule has 0 atom stereocenters. The lowest BCUT2D eigenvalue weighted by atomic mass is 10.0. The maximum Gasteiger partial charge on any atom is 0.212 e. The SMILES string of the molecule is COc1ccc(C(=O)C[SH+]C)c2ccccc12. The molecular formula is C14H15O2S+. The van der Waals surface area contributed by atoms with Gasteiger partial charge in [-0.15, -0.1) is 0 Å². The maximum atomic E-state index is 12.0. The van der Waals surface area contributed by atoms with Crippen LogP contribution >= 0.6 is 0 Å². The molecule has 2 rings (SSSR count). The molecule has 0 aliphatic carbocycles. The first kappa shape index (κ1) is 12.0. The number of benzene rings is 2. The Kier molecular flexibility index (Phi) is 3.69. The predicted molar refractivity (Wildman–Crippen MR) is 74.4 cm³/mol. The first-order valence-electron chi connectivity index (χ1n) is 5.42. The van der Waals surface area contributed by atoms with E-state index in [2.05, 4.69) is 0 Å². The van der Waals surface area contributed by atoms with Crippen LogP contribution < -0.4 is 4.74 Å². The van der Waals surface area contributed by atoms with Crippen molar-refractivity contribution >= 4 is 28.3 Å². The van der Waals surface area contributed by atoms with Gasteiger partial charge in [0.2, 0.25) is 5.78 Å². The van der Waals surface area contributed by atoms with Gasteiger partial charge in [-0.1, -0.05) is 24.3 Å². The van der Waals surface area contributed by atoms with Gasteiger partial charge in [0.05, 0.1) is 13.4 Å². The Hall–Kier alpha value is -1.48. The van der Waals surface area contributed by atoms with Gasteiger partial charge in [-0.2, -0.15) is 0 Å². The third-order valence-corrected chi connectivity index (χ3v) is 3.31. The van der Waals surface area contributed by atoms with E-state index in [0.29, 0.717) is 5.75 Å². The van der Waals surface area contributed by atoms with Crippen molar-refractivity contribution in [3.05, 3.63) is 42.0 Å². The molecule has 0 fully saturated rings. The normalized spacial score (nSPS) is 10.5. The summed E-state index contributed by atoms with van der Waals surface area (Å²) >= 11 is 1.10. The van der Waals surface area contributed by atoms with Crippen LogP contribution in [0.25, 0.3) is 10.8 Å². The second-order valence-corrected chi connectivity index (χ2v) is 4.71. The van der Waals surface area contributed by atoms with E-state index in [0.717, 1.165) is 33.8 Å². The zero-order valence-corrected chi connectivity index (χ0v) is 10.8. The molecule has 0 saturated heterocycles. The molecule has 0 aliphatic heterocycles. The lowest BCUT2D eigenvalue weighted by molar-refractivity contribution is 0.102. The second kappa shape index (κ2) is 5.23. The Morgan fingerprint density at radius 1 is 1.18 bits per heavy atom. The first-order valence-corrected chi connectivity index (χ1v) is 6.95. The number of ether oxygens (including phenoxy) is 1. The largest absolute Gasteiger partial charge is 0.496 e. The highest BCUT2D eigenvalue weighted by Crippen LogP contribution is 2.28. The molecule has 0 aliphatic rings. The van der Waals surface area contributed by atoms with Gasteiger partial charge < -0.3 is 4.74 Å². The number of carbonyl (C=O) groups is 1. The molecule has 0 N–H and O–H groups in total. The van der Waals surface area contributed by atoms with Crippen LogP contribution in [0.15, 0.2) is 36.4 Å². The van der Waals surface area contributed by atoms with Crippen LogP contribution in [0.2, 0.25) is 0 Å². The van der Waals surface area contributed by atoms with E-state index in [4.69, 9.17) is 4.74 Å². The minimum atomic E-state index is 0.188. The number of Topliss-reactive ketones (excluding diaryl/α,β-unsaturated/α-hetero) is 1. The van der Waals surface area contributed by atoms with Gasteiger partial charge in [-0.05, 0) is 29.3 Å². The third kappa shape index (κ3) is 2.29. The van der Waals surface area contributed by atoms with E-state index in [1.165, 1.54) is 0 Å². The number of carbonyl (C=O) groups excluding carboxylic acids is 1. The summed E-state index contributed by atoms with van der Waals surface area (Å²) in [5.74, 6) is 1.57. The van der Waals surface area contributed by atoms with E-state index >= 15 is 0 Å². The first-order chi connectivity index (χ1) is 8.27. The van der Waals surface area contributed by atoms with Crippen molar-refractivity contribution in [1.82, 2.24) is 0 Å². The van der Waals surface area contributed by atoms with Gasteiger partial charge in [0.1, 0.15) is 5.75 Å². The molecule has 0 amide bonds. The van der Waals surface area contributed by atoms with Crippen LogP contribution in [0, 0.1) is 0 Å². The van der Waals surface area contributed by atoms with Gasteiger partial charge >= 0.3 is 0 Å². The molecule has 0 radical (unpaired) electrons. The summed E-state index contributed by atoms with van der Waals surface area (Å²) in [7, 11) is 1.65. The molecule has 0 aromatic heterocycles. The molecule has 0 heterocycles. The van der Waals surface area contributed by atoms with Crippen molar-refractivity contribution < 1.29 is 9.53 Å². The number of methoxy groups -OCH3 is 1. The van der Waals surface area contributed by atoms with Crippen molar-refractivity contribution in [3.8, 4) is 5.75 Å². The van der Waals surface area contributed by atoms with E-state index in [9.17, 15) is 4.79 Å². The van der Waals surface area contributed by atoms with E-state index in [1.54, 1.807) is 7.11 Å². The minimum absolute atomic E-state index is 0.188. The van der Waals surface area contributed by atoms with Crippen molar-refractivity contribution in [2.45, 2.75) is 0 Å². The van der Waals surface area contributed by atoms with E-state index < -0.39 is 0 Å². The number of rotatable bonds is 4. The number of fused-ring (bicyclic) bond motifs is 1. The molecule has 88 valence electrons. The smallest absolute Gasteiger partial charge is 0.212 e. The van der Waals surface area contributed by atoms with Crippen LogP contribution in [-0.4, -0.2) is 24.9 Å². The minimum Gasteiger partial charge on any atom is -0.496 e. The summed E-state index contributed by atoms with van der Waals surface area (Å²) in [6.45, 7) is 0. The van der Waals surface area contributed by atoms with E-state index in [-0.39, 0.29) is 5.78 Å². The molecule has 3 heteroatoms. The highest BCUT2D eigenvalue weighted by Gasteiger charge is 2.14. The van der Waals surface area contributed by atoms with Crippen molar-refractivity contribution in [2.24, 2.45) is 0 Å². The van der Waals surface area contributed by atoms with Crippen LogP contribution in [0.1, 0.15) is 10.4 Å². The van der Waals surface area contributed by atoms with Crippen molar-refractivity contribution in [2.75, 3.05) is 19.1 Å². The van der Waals surface area contributed by atoms with Crippen LogP contribution in [0.4, 0.5) is 0 Å². The fourth-order valence-corrected chi connectivity index (χ4v) is 2.38. The molecule has 0 bridgehead atoms. The van der Waals surface area contributed by atoms with Gasteiger partial charge in [0, 0.05) is 10.9 Å². The molecule has 0 saturated carbocycles. The lowest BCUT2D eigenvalue weighted by Gasteiger charge is -2.08. The van der Waals surface area contributed by atoms with Crippen molar-refractivity contribution in [3.63, 3.8) is 0 Å². The highest BCUT2D eigenvalue weighted by atomic mass is 32.2. The van der Waals surface area contributed by atoms with Gasteiger partial charge in [-0.25, -0.2) is 0 Å². The Balaban J connectivity index is 2.62. The average Bonchev–Trinajstić information content (AvgIpc) is 2.37. The Bertz CT molecular complexity index is 549. The summed E-state index contributed by atoms with van der Waals surface area (Å²) in [6, 6.07) is 11.6. The summed E-state index contributed by atoms with van der Waals surface area (Å²) < 4.78 is 5.31. The molecule has 2 nitrogen and oxygen atoms in total. The highest BCUT2D eigenvalue weighted by molar-refractivity contribution is 7.78. The van der Waals surface area contributed by atoms with E-state index in [1.807, 2.05) is 42.7 Å². The molecular weight excluding hydrogens is 232 g/mol. The van der Waals surface area contributed by atoms with Crippen LogP contribution in [-0.2, 0) is 11.8 Å². The summed E-state index contributed by atoms with van der Waals surface area (Å²) in [5.41, 5.74) is 0.788. The maximum absolute atomic E-state index is 12.0. The molecule has 0 spiro atoms. The third-order valence-electron chi connectivity index (χ3n) is 2.71.